The highest BCUT2D eigenvalue weighted by atomic mass is 16.2. The van der Waals surface area contributed by atoms with Gasteiger partial charge in [0.25, 0.3) is 0 Å². The molecule has 1 amide bonds. The normalized spacial score (nSPS) is 13.6. The number of likely N-dealkylation sites (N-methyl/N-ethyl adjacent to an activating group) is 1. The summed E-state index contributed by atoms with van der Waals surface area (Å²) in [5.74, 6) is 1.58. The minimum absolute atomic E-state index is 0.00261. The number of H-pyrrole nitrogens is 1. The van der Waals surface area contributed by atoms with Gasteiger partial charge in [0.15, 0.2) is 0 Å². The molecule has 0 spiro atoms. The zero-order valence-electron chi connectivity index (χ0n) is 16.4. The number of amides is 1. The highest BCUT2D eigenvalue weighted by Gasteiger charge is 2.25. The summed E-state index contributed by atoms with van der Waals surface area (Å²) >= 11 is 0. The summed E-state index contributed by atoms with van der Waals surface area (Å²) in [5, 5.41) is 3.01. The Bertz CT molecular complexity index is 805. The lowest BCUT2D eigenvalue weighted by Crippen LogP contribution is -2.45. The van der Waals surface area contributed by atoms with Gasteiger partial charge in [-0.05, 0) is 47.0 Å². The van der Waals surface area contributed by atoms with Crippen molar-refractivity contribution in [1.82, 2.24) is 20.3 Å². The molecule has 0 saturated carbocycles. The van der Waals surface area contributed by atoms with Crippen molar-refractivity contribution >= 4 is 11.7 Å². The number of nitrogens with one attached hydrogen (secondary N) is 2. The number of anilines is 1. The van der Waals surface area contributed by atoms with Crippen molar-refractivity contribution in [3.63, 3.8) is 0 Å². The van der Waals surface area contributed by atoms with E-state index < -0.39 is 0 Å². The molecule has 0 fully saturated rings. The van der Waals surface area contributed by atoms with Crippen LogP contribution in [0.25, 0.3) is 11.5 Å². The molecule has 0 atom stereocenters. The van der Waals surface area contributed by atoms with Gasteiger partial charge in [0.1, 0.15) is 12.0 Å². The molecule has 0 aliphatic heterocycles. The van der Waals surface area contributed by atoms with E-state index in [2.05, 4.69) is 21.8 Å². The van der Waals surface area contributed by atoms with Gasteiger partial charge in [0.05, 0.1) is 13.1 Å². The average Bonchev–Trinajstić information content (AvgIpc) is 3.20. The van der Waals surface area contributed by atoms with Crippen LogP contribution in [0.3, 0.4) is 0 Å². The molecular weight excluding hydrogens is 328 g/mol. The quantitative estimate of drug-likeness (QED) is 0.797. The van der Waals surface area contributed by atoms with Crippen LogP contribution in [0.15, 0.2) is 12.5 Å². The summed E-state index contributed by atoms with van der Waals surface area (Å²) < 4.78 is 2.09. The van der Waals surface area contributed by atoms with Gasteiger partial charge in [-0.15, -0.1) is 0 Å². The maximum absolute atomic E-state index is 12.4. The molecule has 2 heterocycles. The second kappa shape index (κ2) is 7.05. The Morgan fingerprint density at radius 3 is 2.81 bits per heavy atom. The molecule has 0 aromatic carbocycles. The molecule has 7 heteroatoms. The number of aromatic amines is 1. The number of fused-ring (bicyclic) bond motifs is 1. The predicted molar refractivity (Wildman–Crippen MR) is 101 cm³/mol. The Morgan fingerprint density at radius 2 is 2.12 bits per heavy atom. The van der Waals surface area contributed by atoms with Crippen LogP contribution in [-0.2, 0) is 24.2 Å². The van der Waals surface area contributed by atoms with Gasteiger partial charge in [-0.25, -0.2) is 19.5 Å². The molecule has 0 radical (unpaired) electrons. The lowest BCUT2D eigenvalue weighted by atomic mass is 10.1. The van der Waals surface area contributed by atoms with Crippen molar-refractivity contribution in [3.8, 4) is 11.5 Å². The van der Waals surface area contributed by atoms with Crippen molar-refractivity contribution in [2.75, 3.05) is 18.5 Å². The number of carbonyl (C=O) groups excluding carboxylic acids is 1. The fraction of sp³-hybridized carbons (Fsp3) is 0.579. The van der Waals surface area contributed by atoms with E-state index in [1.165, 1.54) is 5.56 Å². The molecule has 3 rings (SSSR count). The maximum atomic E-state index is 12.4. The lowest BCUT2D eigenvalue weighted by Gasteiger charge is -2.25. The van der Waals surface area contributed by atoms with Crippen LogP contribution in [0.4, 0.5) is 5.82 Å². The van der Waals surface area contributed by atoms with Crippen LogP contribution in [-0.4, -0.2) is 40.0 Å². The zero-order chi connectivity index (χ0) is 18.9. The zero-order valence-corrected chi connectivity index (χ0v) is 16.4. The van der Waals surface area contributed by atoms with Crippen LogP contribution >= 0.6 is 0 Å². The third kappa shape index (κ3) is 3.86. The number of hydrogen-bond acceptors (Lipinski definition) is 4. The van der Waals surface area contributed by atoms with E-state index in [4.69, 9.17) is 9.97 Å². The number of aryl methyl sites for hydroxylation is 2. The smallest absolute Gasteiger partial charge is 0.242 e. The van der Waals surface area contributed by atoms with E-state index in [1.54, 1.807) is 0 Å². The first kappa shape index (κ1) is 18.4. The lowest BCUT2D eigenvalue weighted by molar-refractivity contribution is -0.682. The van der Waals surface area contributed by atoms with Crippen LogP contribution in [0.1, 0.15) is 45.4 Å². The van der Waals surface area contributed by atoms with Crippen molar-refractivity contribution in [1.29, 1.82) is 0 Å². The third-order valence-electron chi connectivity index (χ3n) is 4.50. The molecule has 1 aliphatic rings. The molecule has 26 heavy (non-hydrogen) atoms. The van der Waals surface area contributed by atoms with E-state index in [0.717, 1.165) is 43.0 Å². The third-order valence-corrected chi connectivity index (χ3v) is 4.50. The van der Waals surface area contributed by atoms with Gasteiger partial charge in [0.2, 0.25) is 23.8 Å². The minimum Gasteiger partial charge on any atom is -0.350 e. The van der Waals surface area contributed by atoms with Gasteiger partial charge in [-0.2, -0.15) is 0 Å². The number of nitrogens with zero attached hydrogens (tertiary/aromatic N) is 4. The first-order chi connectivity index (χ1) is 12.3. The number of aromatic nitrogens is 4. The Labute approximate surface area is 154 Å². The predicted octanol–water partition coefficient (Wildman–Crippen LogP) is 1.62. The van der Waals surface area contributed by atoms with E-state index in [9.17, 15) is 4.79 Å². The molecule has 0 unspecified atom stereocenters. The number of rotatable bonds is 5. The SMILES string of the molecule is CC[n+]1c[nH]cc1-c1nc2c(c(N(C)CC(=O)NC(C)(C)C)n1)CCC2. The molecule has 7 nitrogen and oxygen atoms in total. The monoisotopic (exact) mass is 357 g/mol. The highest BCUT2D eigenvalue weighted by molar-refractivity contribution is 5.82. The van der Waals surface area contributed by atoms with Crippen LogP contribution in [0, 0.1) is 0 Å². The molecule has 2 N–H and O–H groups in total. The molecule has 140 valence electrons. The summed E-state index contributed by atoms with van der Waals surface area (Å²) in [6.45, 7) is 9.18. The molecule has 1 aliphatic carbocycles. The second-order valence-corrected chi connectivity index (χ2v) is 7.92. The van der Waals surface area contributed by atoms with Gasteiger partial charge in [-0.1, -0.05) is 0 Å². The van der Waals surface area contributed by atoms with Crippen molar-refractivity contribution in [2.45, 2.75) is 59.0 Å². The topological polar surface area (TPSA) is 77.8 Å². The Morgan fingerprint density at radius 1 is 1.35 bits per heavy atom. The van der Waals surface area contributed by atoms with E-state index in [0.29, 0.717) is 5.82 Å². The van der Waals surface area contributed by atoms with Crippen LogP contribution in [0.5, 0.6) is 0 Å². The molecule has 2 aromatic rings. The van der Waals surface area contributed by atoms with E-state index in [1.807, 2.05) is 45.2 Å². The summed E-state index contributed by atoms with van der Waals surface area (Å²) in [6, 6.07) is 0. The summed E-state index contributed by atoms with van der Waals surface area (Å²) in [6.07, 6.45) is 6.87. The fourth-order valence-electron chi connectivity index (χ4n) is 3.40. The van der Waals surface area contributed by atoms with E-state index >= 15 is 0 Å². The van der Waals surface area contributed by atoms with Gasteiger partial charge in [-0.3, -0.25) is 4.79 Å². The summed E-state index contributed by atoms with van der Waals surface area (Å²) in [7, 11) is 1.93. The van der Waals surface area contributed by atoms with Gasteiger partial charge < -0.3 is 10.2 Å². The van der Waals surface area contributed by atoms with Gasteiger partial charge in [0, 0.05) is 23.8 Å². The van der Waals surface area contributed by atoms with Crippen LogP contribution < -0.4 is 14.8 Å². The fourth-order valence-corrected chi connectivity index (χ4v) is 3.40. The average molecular weight is 357 g/mol. The molecular formula is C19H29N6O+. The minimum atomic E-state index is -0.242. The number of hydrogen-bond donors (Lipinski definition) is 2. The highest BCUT2D eigenvalue weighted by Crippen LogP contribution is 2.30. The standard InChI is InChI=1S/C19H28N6O/c1-6-25-12-20-10-15(25)17-21-14-9-7-8-13(14)18(22-17)24(5)11-16(26)23-19(2,3)4/h10,12H,6-9,11H2,1-5H3,(H,23,26)/p+1. The molecule has 0 saturated heterocycles. The Hall–Kier alpha value is -2.44. The van der Waals surface area contributed by atoms with E-state index in [-0.39, 0.29) is 18.0 Å². The number of imidazole rings is 1. The Kier molecular flexibility index (Phi) is 4.98. The first-order valence-corrected chi connectivity index (χ1v) is 9.27. The molecule has 2 aromatic heterocycles. The maximum Gasteiger partial charge on any atom is 0.242 e. The van der Waals surface area contributed by atoms with Crippen molar-refractivity contribution in [2.24, 2.45) is 0 Å². The molecule has 0 bridgehead atoms. The largest absolute Gasteiger partial charge is 0.350 e. The van der Waals surface area contributed by atoms with Crippen LogP contribution in [0.2, 0.25) is 0 Å². The Balaban J connectivity index is 1.92. The summed E-state index contributed by atoms with van der Waals surface area (Å²) in [5.41, 5.74) is 3.01. The first-order valence-electron chi connectivity index (χ1n) is 9.27. The summed E-state index contributed by atoms with van der Waals surface area (Å²) in [4.78, 5) is 27.1. The number of carbonyl (C=O) groups is 1. The van der Waals surface area contributed by atoms with Crippen molar-refractivity contribution < 1.29 is 9.36 Å². The second-order valence-electron chi connectivity index (χ2n) is 7.92. The van der Waals surface area contributed by atoms with Gasteiger partial charge >= 0.3 is 0 Å². The van der Waals surface area contributed by atoms with Crippen molar-refractivity contribution in [3.05, 3.63) is 23.8 Å².